The normalized spacial score (nSPS) is 16.1. The molecule has 0 bridgehead atoms. The number of likely N-dealkylation sites (tertiary alicyclic amines) is 1. The summed E-state index contributed by atoms with van der Waals surface area (Å²) in [6, 6.07) is 5.56. The number of rotatable bonds is 1. The van der Waals surface area contributed by atoms with Crippen LogP contribution in [0.25, 0.3) is 0 Å². The third-order valence-electron chi connectivity index (χ3n) is 3.11. The van der Waals surface area contributed by atoms with Crippen molar-refractivity contribution in [3.63, 3.8) is 0 Å². The molecule has 0 aromatic heterocycles. The van der Waals surface area contributed by atoms with Crippen LogP contribution >= 0.6 is 11.6 Å². The highest BCUT2D eigenvalue weighted by atomic mass is 35.5. The van der Waals surface area contributed by atoms with Gasteiger partial charge in [-0.25, -0.2) is 0 Å². The molecule has 1 aromatic rings. The van der Waals surface area contributed by atoms with Gasteiger partial charge in [0.1, 0.15) is 0 Å². The van der Waals surface area contributed by atoms with Gasteiger partial charge in [0.15, 0.2) is 0 Å². The largest absolute Gasteiger partial charge is 0.338 e. The highest BCUT2D eigenvalue weighted by molar-refractivity contribution is 6.33. The number of carbonyl (C=O) groups is 1. The van der Waals surface area contributed by atoms with Gasteiger partial charge in [-0.1, -0.05) is 29.8 Å². The number of halogens is 1. The lowest BCUT2D eigenvalue weighted by Crippen LogP contribution is -2.36. The van der Waals surface area contributed by atoms with E-state index in [0.29, 0.717) is 10.6 Å². The van der Waals surface area contributed by atoms with Gasteiger partial charge in [-0.2, -0.15) is 0 Å². The van der Waals surface area contributed by atoms with Crippen LogP contribution < -0.4 is 0 Å². The molecule has 0 N–H and O–H groups in total. The van der Waals surface area contributed by atoms with E-state index in [9.17, 15) is 4.79 Å². The molecule has 1 aliphatic heterocycles. The summed E-state index contributed by atoms with van der Waals surface area (Å²) in [7, 11) is 0. The smallest absolute Gasteiger partial charge is 0.255 e. The fourth-order valence-corrected chi connectivity index (χ4v) is 2.31. The SMILES string of the molecule is C=C1CCN(C(=O)c2ccc(C)cc2Cl)CC1. The molecule has 1 heterocycles. The number of piperidine rings is 1. The van der Waals surface area contributed by atoms with Crippen LogP contribution in [0.2, 0.25) is 5.02 Å². The summed E-state index contributed by atoms with van der Waals surface area (Å²) >= 11 is 6.11. The predicted molar refractivity (Wildman–Crippen MR) is 70.5 cm³/mol. The van der Waals surface area contributed by atoms with Gasteiger partial charge in [-0.15, -0.1) is 0 Å². The van der Waals surface area contributed by atoms with Gasteiger partial charge < -0.3 is 4.90 Å². The molecule has 0 aliphatic carbocycles. The monoisotopic (exact) mass is 249 g/mol. The van der Waals surface area contributed by atoms with E-state index in [0.717, 1.165) is 31.5 Å². The molecule has 1 fully saturated rings. The van der Waals surface area contributed by atoms with Crippen LogP contribution in [0.15, 0.2) is 30.4 Å². The number of nitrogens with zero attached hydrogens (tertiary/aromatic N) is 1. The zero-order valence-corrected chi connectivity index (χ0v) is 10.8. The average Bonchev–Trinajstić information content (AvgIpc) is 2.29. The number of benzene rings is 1. The van der Waals surface area contributed by atoms with Gasteiger partial charge in [0.2, 0.25) is 0 Å². The summed E-state index contributed by atoms with van der Waals surface area (Å²) in [5.74, 6) is 0.0301. The summed E-state index contributed by atoms with van der Waals surface area (Å²) in [4.78, 5) is 14.1. The number of carbonyl (C=O) groups excluding carboxylic acids is 1. The first kappa shape index (κ1) is 12.2. The predicted octanol–water partition coefficient (Wildman–Crippen LogP) is 3.44. The average molecular weight is 250 g/mol. The minimum absolute atomic E-state index is 0.0301. The van der Waals surface area contributed by atoms with Crippen molar-refractivity contribution in [2.45, 2.75) is 19.8 Å². The molecule has 90 valence electrons. The minimum atomic E-state index is 0.0301. The second-order valence-electron chi connectivity index (χ2n) is 4.53. The molecule has 0 spiro atoms. The molecule has 1 saturated heterocycles. The van der Waals surface area contributed by atoms with E-state index in [1.165, 1.54) is 5.57 Å². The molecule has 0 unspecified atom stereocenters. The van der Waals surface area contributed by atoms with Crippen LogP contribution in [0.5, 0.6) is 0 Å². The van der Waals surface area contributed by atoms with E-state index in [2.05, 4.69) is 6.58 Å². The number of aryl methyl sites for hydroxylation is 1. The van der Waals surface area contributed by atoms with Gasteiger partial charge in [-0.3, -0.25) is 4.79 Å². The molecule has 1 aliphatic rings. The van der Waals surface area contributed by atoms with E-state index >= 15 is 0 Å². The van der Waals surface area contributed by atoms with Crippen molar-refractivity contribution in [1.82, 2.24) is 4.90 Å². The molecule has 0 saturated carbocycles. The Hall–Kier alpha value is -1.28. The van der Waals surface area contributed by atoms with Crippen LogP contribution in [0, 0.1) is 6.92 Å². The van der Waals surface area contributed by atoms with Crippen LogP contribution in [-0.4, -0.2) is 23.9 Å². The summed E-state index contributed by atoms with van der Waals surface area (Å²) < 4.78 is 0. The third kappa shape index (κ3) is 2.70. The van der Waals surface area contributed by atoms with Crippen molar-refractivity contribution >= 4 is 17.5 Å². The van der Waals surface area contributed by atoms with E-state index in [1.807, 2.05) is 30.0 Å². The summed E-state index contributed by atoms with van der Waals surface area (Å²) in [5, 5.41) is 0.541. The Bertz CT molecular complexity index is 457. The number of amides is 1. The molecule has 0 atom stereocenters. The molecular formula is C14H16ClNO. The quantitative estimate of drug-likeness (QED) is 0.699. The fourth-order valence-electron chi connectivity index (χ4n) is 1.99. The van der Waals surface area contributed by atoms with Crippen LogP contribution in [0.4, 0.5) is 0 Å². The Balaban J connectivity index is 2.16. The standard InChI is InChI=1S/C14H16ClNO/c1-10-5-7-16(8-6-10)14(17)12-4-3-11(2)9-13(12)15/h3-4,9H,1,5-8H2,2H3. The van der Waals surface area contributed by atoms with E-state index in [4.69, 9.17) is 11.6 Å². The zero-order chi connectivity index (χ0) is 12.4. The molecule has 2 nitrogen and oxygen atoms in total. The minimum Gasteiger partial charge on any atom is -0.338 e. The van der Waals surface area contributed by atoms with Crippen molar-refractivity contribution in [2.75, 3.05) is 13.1 Å². The van der Waals surface area contributed by atoms with Crippen molar-refractivity contribution in [3.8, 4) is 0 Å². The highest BCUT2D eigenvalue weighted by Crippen LogP contribution is 2.22. The van der Waals surface area contributed by atoms with Gasteiger partial charge in [0.25, 0.3) is 5.91 Å². The Morgan fingerprint density at radius 3 is 2.59 bits per heavy atom. The molecule has 0 radical (unpaired) electrons. The second kappa shape index (κ2) is 4.92. The van der Waals surface area contributed by atoms with Crippen LogP contribution in [0.1, 0.15) is 28.8 Å². The summed E-state index contributed by atoms with van der Waals surface area (Å²) in [6.45, 7) is 7.41. The molecule has 1 aromatic carbocycles. The second-order valence-corrected chi connectivity index (χ2v) is 4.93. The third-order valence-corrected chi connectivity index (χ3v) is 3.43. The topological polar surface area (TPSA) is 20.3 Å². The van der Waals surface area contributed by atoms with E-state index in [1.54, 1.807) is 0 Å². The van der Waals surface area contributed by atoms with Gasteiger partial charge in [0.05, 0.1) is 10.6 Å². The lowest BCUT2D eigenvalue weighted by Gasteiger charge is -2.28. The van der Waals surface area contributed by atoms with Crippen LogP contribution in [0.3, 0.4) is 0 Å². The Morgan fingerprint density at radius 1 is 1.35 bits per heavy atom. The van der Waals surface area contributed by atoms with Crippen molar-refractivity contribution < 1.29 is 4.79 Å². The number of hydrogen-bond acceptors (Lipinski definition) is 1. The van der Waals surface area contributed by atoms with Gasteiger partial charge in [0, 0.05) is 13.1 Å². The first-order valence-electron chi connectivity index (χ1n) is 5.80. The lowest BCUT2D eigenvalue weighted by molar-refractivity contribution is 0.0744. The van der Waals surface area contributed by atoms with E-state index in [-0.39, 0.29) is 5.91 Å². The maximum Gasteiger partial charge on any atom is 0.255 e. The Labute approximate surface area is 107 Å². The molecule has 17 heavy (non-hydrogen) atoms. The maximum absolute atomic E-state index is 12.3. The molecule has 1 amide bonds. The first-order chi connectivity index (χ1) is 8.08. The maximum atomic E-state index is 12.3. The number of hydrogen-bond donors (Lipinski definition) is 0. The zero-order valence-electron chi connectivity index (χ0n) is 10.0. The Kier molecular flexibility index (Phi) is 3.53. The van der Waals surface area contributed by atoms with Crippen molar-refractivity contribution in [2.24, 2.45) is 0 Å². The molecule has 3 heteroatoms. The highest BCUT2D eigenvalue weighted by Gasteiger charge is 2.21. The first-order valence-corrected chi connectivity index (χ1v) is 6.18. The van der Waals surface area contributed by atoms with Crippen LogP contribution in [-0.2, 0) is 0 Å². The van der Waals surface area contributed by atoms with Crippen molar-refractivity contribution in [3.05, 3.63) is 46.5 Å². The van der Waals surface area contributed by atoms with Gasteiger partial charge >= 0.3 is 0 Å². The molecular weight excluding hydrogens is 234 g/mol. The summed E-state index contributed by atoms with van der Waals surface area (Å²) in [6.07, 6.45) is 1.80. The lowest BCUT2D eigenvalue weighted by atomic mass is 10.0. The van der Waals surface area contributed by atoms with E-state index < -0.39 is 0 Å². The molecule has 2 rings (SSSR count). The Morgan fingerprint density at radius 2 is 2.00 bits per heavy atom. The summed E-state index contributed by atoms with van der Waals surface area (Å²) in [5.41, 5.74) is 2.90. The van der Waals surface area contributed by atoms with Gasteiger partial charge in [-0.05, 0) is 37.5 Å². The fraction of sp³-hybridized carbons (Fsp3) is 0.357. The van der Waals surface area contributed by atoms with Crippen molar-refractivity contribution in [1.29, 1.82) is 0 Å².